The Hall–Kier alpha value is -2.11. The molecule has 1 atom stereocenters. The van der Waals surface area contributed by atoms with Crippen LogP contribution >= 0.6 is 0 Å². The van der Waals surface area contributed by atoms with Crippen LogP contribution in [0.1, 0.15) is 42.5 Å². The van der Waals surface area contributed by atoms with Gasteiger partial charge in [0, 0.05) is 5.69 Å². The Morgan fingerprint density at radius 1 is 1.29 bits per heavy atom. The largest absolute Gasteiger partial charge is 0.480 e. The molecule has 0 bridgehead atoms. The van der Waals surface area contributed by atoms with Crippen molar-refractivity contribution in [3.05, 3.63) is 29.6 Å². The molecule has 1 aromatic rings. The Bertz CT molecular complexity index is 542. The summed E-state index contributed by atoms with van der Waals surface area (Å²) in [7, 11) is 0. The fraction of sp³-hybridized carbons (Fsp3) is 0.467. The molecule has 0 aliphatic heterocycles. The van der Waals surface area contributed by atoms with E-state index in [-0.39, 0.29) is 17.2 Å². The number of benzene rings is 1. The van der Waals surface area contributed by atoms with Crippen LogP contribution in [0.5, 0.6) is 0 Å². The van der Waals surface area contributed by atoms with Crippen LogP contribution in [0.15, 0.2) is 18.2 Å². The van der Waals surface area contributed by atoms with Crippen LogP contribution in [0, 0.1) is 11.7 Å². The summed E-state index contributed by atoms with van der Waals surface area (Å²) in [6, 6.07) is 2.51. The van der Waals surface area contributed by atoms with Crippen molar-refractivity contribution < 1.29 is 19.1 Å². The number of halogens is 1. The minimum absolute atomic E-state index is 0.000262. The van der Waals surface area contributed by atoms with Crippen molar-refractivity contribution in [1.82, 2.24) is 5.32 Å². The first kappa shape index (κ1) is 15.3. The Morgan fingerprint density at radius 3 is 2.52 bits per heavy atom. The maximum Gasteiger partial charge on any atom is 0.326 e. The van der Waals surface area contributed by atoms with Gasteiger partial charge in [-0.15, -0.1) is 0 Å². The number of carboxylic acid groups (broad SMARTS) is 1. The molecule has 5 nitrogen and oxygen atoms in total. The molecule has 1 unspecified atom stereocenters. The van der Waals surface area contributed by atoms with Gasteiger partial charge in [0.25, 0.3) is 5.91 Å². The van der Waals surface area contributed by atoms with Crippen molar-refractivity contribution in [3.8, 4) is 0 Å². The summed E-state index contributed by atoms with van der Waals surface area (Å²) in [6.45, 7) is 0. The minimum atomic E-state index is -1.05. The first-order valence-corrected chi connectivity index (χ1v) is 7.07. The smallest absolute Gasteiger partial charge is 0.326 e. The van der Waals surface area contributed by atoms with E-state index in [0.717, 1.165) is 44.2 Å². The second-order valence-electron chi connectivity index (χ2n) is 5.42. The lowest BCUT2D eigenvalue weighted by Crippen LogP contribution is -2.46. The van der Waals surface area contributed by atoms with E-state index in [1.54, 1.807) is 0 Å². The normalized spacial score (nSPS) is 17.2. The highest BCUT2D eigenvalue weighted by Gasteiger charge is 2.31. The third kappa shape index (κ3) is 3.71. The van der Waals surface area contributed by atoms with Gasteiger partial charge >= 0.3 is 5.97 Å². The summed E-state index contributed by atoms with van der Waals surface area (Å²) >= 11 is 0. The molecule has 4 N–H and O–H groups in total. The van der Waals surface area contributed by atoms with Gasteiger partial charge < -0.3 is 16.2 Å². The number of carbonyl (C=O) groups excluding carboxylic acids is 1. The third-order valence-corrected chi connectivity index (χ3v) is 3.93. The number of nitrogens with two attached hydrogens (primary N) is 1. The number of hydrogen-bond acceptors (Lipinski definition) is 3. The van der Waals surface area contributed by atoms with Crippen LogP contribution in [0.2, 0.25) is 0 Å². The van der Waals surface area contributed by atoms with Gasteiger partial charge in [-0.1, -0.05) is 19.3 Å². The monoisotopic (exact) mass is 294 g/mol. The average Bonchev–Trinajstić information content (AvgIpc) is 2.45. The second kappa shape index (κ2) is 6.56. The van der Waals surface area contributed by atoms with Gasteiger partial charge in [-0.05, 0) is 37.0 Å². The summed E-state index contributed by atoms with van der Waals surface area (Å²) in [5.74, 6) is -2.23. The molecule has 1 aliphatic rings. The van der Waals surface area contributed by atoms with E-state index in [0.29, 0.717) is 0 Å². The zero-order chi connectivity index (χ0) is 15.4. The van der Waals surface area contributed by atoms with E-state index < -0.39 is 23.7 Å². The van der Waals surface area contributed by atoms with Crippen molar-refractivity contribution in [2.75, 3.05) is 5.73 Å². The summed E-state index contributed by atoms with van der Waals surface area (Å²) in [5.41, 5.74) is 5.70. The Kier molecular flexibility index (Phi) is 4.77. The SMILES string of the molecule is Nc1cc(F)ccc1C(=O)NC(C(=O)O)C1CCCCC1. The highest BCUT2D eigenvalue weighted by Crippen LogP contribution is 2.27. The molecule has 2 rings (SSSR count). The average molecular weight is 294 g/mol. The highest BCUT2D eigenvalue weighted by molar-refractivity contribution is 6.00. The Balaban J connectivity index is 2.12. The first-order valence-electron chi connectivity index (χ1n) is 7.07. The number of rotatable bonds is 4. The third-order valence-electron chi connectivity index (χ3n) is 3.93. The molecule has 0 aromatic heterocycles. The molecule has 1 fully saturated rings. The van der Waals surface area contributed by atoms with Gasteiger partial charge in [-0.2, -0.15) is 0 Å². The lowest BCUT2D eigenvalue weighted by Gasteiger charge is -2.28. The zero-order valence-electron chi connectivity index (χ0n) is 11.6. The van der Waals surface area contributed by atoms with Crippen molar-refractivity contribution in [1.29, 1.82) is 0 Å². The number of carbonyl (C=O) groups is 2. The zero-order valence-corrected chi connectivity index (χ0v) is 11.6. The summed E-state index contributed by atoms with van der Waals surface area (Å²) in [4.78, 5) is 23.6. The quantitative estimate of drug-likeness (QED) is 0.742. The molecule has 114 valence electrons. The van der Waals surface area contributed by atoms with E-state index >= 15 is 0 Å². The maximum absolute atomic E-state index is 13.0. The first-order chi connectivity index (χ1) is 9.99. The fourth-order valence-electron chi connectivity index (χ4n) is 2.81. The number of nitrogen functional groups attached to an aromatic ring is 1. The van der Waals surface area contributed by atoms with Crippen molar-refractivity contribution in [3.63, 3.8) is 0 Å². The number of amides is 1. The van der Waals surface area contributed by atoms with Gasteiger partial charge in [0.1, 0.15) is 11.9 Å². The van der Waals surface area contributed by atoms with E-state index in [1.165, 1.54) is 6.07 Å². The van der Waals surface area contributed by atoms with Crippen LogP contribution in [-0.4, -0.2) is 23.0 Å². The molecule has 0 saturated heterocycles. The van der Waals surface area contributed by atoms with Crippen LogP contribution in [-0.2, 0) is 4.79 Å². The molecule has 0 spiro atoms. The lowest BCUT2D eigenvalue weighted by molar-refractivity contribution is -0.141. The number of nitrogens with one attached hydrogen (secondary N) is 1. The molecule has 6 heteroatoms. The topological polar surface area (TPSA) is 92.4 Å². The summed E-state index contributed by atoms with van der Waals surface area (Å²) in [5, 5.41) is 11.9. The predicted octanol–water partition coefficient (Wildman–Crippen LogP) is 2.17. The molecular formula is C15H19FN2O3. The fourth-order valence-corrected chi connectivity index (χ4v) is 2.81. The van der Waals surface area contributed by atoms with Crippen LogP contribution in [0.25, 0.3) is 0 Å². The maximum atomic E-state index is 13.0. The second-order valence-corrected chi connectivity index (χ2v) is 5.42. The summed E-state index contributed by atoms with van der Waals surface area (Å²) in [6.07, 6.45) is 4.62. The molecule has 21 heavy (non-hydrogen) atoms. The molecule has 0 heterocycles. The van der Waals surface area contributed by atoms with Crippen LogP contribution in [0.3, 0.4) is 0 Å². The summed E-state index contributed by atoms with van der Waals surface area (Å²) < 4.78 is 13.0. The Labute approximate surface area is 122 Å². The molecule has 1 amide bonds. The van der Waals surface area contributed by atoms with Gasteiger partial charge in [-0.25, -0.2) is 9.18 Å². The highest BCUT2D eigenvalue weighted by atomic mass is 19.1. The van der Waals surface area contributed by atoms with E-state index in [4.69, 9.17) is 5.73 Å². The van der Waals surface area contributed by atoms with Crippen molar-refractivity contribution >= 4 is 17.6 Å². The number of anilines is 1. The van der Waals surface area contributed by atoms with Gasteiger partial charge in [0.2, 0.25) is 0 Å². The molecule has 1 aromatic carbocycles. The van der Waals surface area contributed by atoms with Gasteiger partial charge in [-0.3, -0.25) is 4.79 Å². The number of carboxylic acids is 1. The van der Waals surface area contributed by atoms with Gasteiger partial charge in [0.05, 0.1) is 5.56 Å². The van der Waals surface area contributed by atoms with Crippen LogP contribution in [0.4, 0.5) is 10.1 Å². The Morgan fingerprint density at radius 2 is 1.95 bits per heavy atom. The van der Waals surface area contributed by atoms with E-state index in [9.17, 15) is 19.1 Å². The number of aliphatic carboxylic acids is 1. The predicted molar refractivity (Wildman–Crippen MR) is 76.3 cm³/mol. The van der Waals surface area contributed by atoms with Crippen molar-refractivity contribution in [2.24, 2.45) is 5.92 Å². The van der Waals surface area contributed by atoms with Gasteiger partial charge in [0.15, 0.2) is 0 Å². The molecule has 1 saturated carbocycles. The van der Waals surface area contributed by atoms with Crippen molar-refractivity contribution in [2.45, 2.75) is 38.1 Å². The molecular weight excluding hydrogens is 275 g/mol. The standard InChI is InChI=1S/C15H19FN2O3/c16-10-6-7-11(12(17)8-10)14(19)18-13(15(20)21)9-4-2-1-3-5-9/h6-9,13H,1-5,17H2,(H,18,19)(H,20,21). The lowest BCUT2D eigenvalue weighted by atomic mass is 9.84. The van der Waals surface area contributed by atoms with E-state index in [2.05, 4.69) is 5.32 Å². The molecule has 0 radical (unpaired) electrons. The van der Waals surface area contributed by atoms with Crippen LogP contribution < -0.4 is 11.1 Å². The molecule has 1 aliphatic carbocycles. The van der Waals surface area contributed by atoms with E-state index in [1.807, 2.05) is 0 Å². The minimum Gasteiger partial charge on any atom is -0.480 e. The number of hydrogen-bond donors (Lipinski definition) is 3.